The second-order valence-corrected chi connectivity index (χ2v) is 8.58. The van der Waals surface area contributed by atoms with Crippen LogP contribution in [-0.2, 0) is 4.79 Å². The van der Waals surface area contributed by atoms with Crippen molar-refractivity contribution in [2.24, 2.45) is 0 Å². The number of amides is 1. The molecule has 0 aromatic rings. The molecule has 0 aliphatic carbocycles. The SMILES string of the molecule is CC=CC(=O)N(C)[Si](C)(C)C. The van der Waals surface area contributed by atoms with Gasteiger partial charge in [-0.25, -0.2) is 0 Å². The minimum Gasteiger partial charge on any atom is -0.369 e. The lowest BCUT2D eigenvalue weighted by Crippen LogP contribution is -2.46. The minimum absolute atomic E-state index is 0.117. The van der Waals surface area contributed by atoms with Crippen molar-refractivity contribution < 1.29 is 4.79 Å². The topological polar surface area (TPSA) is 20.3 Å². The van der Waals surface area contributed by atoms with E-state index in [-0.39, 0.29) is 5.91 Å². The number of carbonyl (C=O) groups is 1. The number of hydrogen-bond donors (Lipinski definition) is 0. The molecule has 0 fully saturated rings. The molecule has 3 heteroatoms. The van der Waals surface area contributed by atoms with E-state index in [0.717, 1.165) is 0 Å². The summed E-state index contributed by atoms with van der Waals surface area (Å²) >= 11 is 0. The van der Waals surface area contributed by atoms with Crippen LogP contribution in [0.1, 0.15) is 6.92 Å². The normalized spacial score (nSPS) is 12.1. The second kappa shape index (κ2) is 3.71. The lowest BCUT2D eigenvalue weighted by Gasteiger charge is -2.28. The number of allylic oxidation sites excluding steroid dienone is 1. The van der Waals surface area contributed by atoms with Crippen LogP contribution >= 0.6 is 0 Å². The van der Waals surface area contributed by atoms with E-state index >= 15 is 0 Å². The van der Waals surface area contributed by atoms with Crippen LogP contribution in [0.2, 0.25) is 19.6 Å². The lowest BCUT2D eigenvalue weighted by atomic mass is 10.5. The van der Waals surface area contributed by atoms with Gasteiger partial charge in [0, 0.05) is 7.05 Å². The van der Waals surface area contributed by atoms with E-state index in [2.05, 4.69) is 19.6 Å². The molecule has 0 saturated carbocycles. The van der Waals surface area contributed by atoms with E-state index in [1.54, 1.807) is 12.2 Å². The molecule has 0 aliphatic rings. The fourth-order valence-electron chi connectivity index (χ4n) is 0.585. The van der Waals surface area contributed by atoms with Crippen molar-refractivity contribution in [3.05, 3.63) is 12.2 Å². The number of hydrogen-bond acceptors (Lipinski definition) is 1. The molecular formula is C8H17NOSi. The van der Waals surface area contributed by atoms with Gasteiger partial charge in [-0.05, 0) is 13.0 Å². The molecule has 0 aliphatic heterocycles. The van der Waals surface area contributed by atoms with Gasteiger partial charge in [0.05, 0.1) is 0 Å². The standard InChI is InChI=1S/C8H17NOSi/c1-6-7-8(10)9(2)11(3,4)5/h6-7H,1-5H3. The molecule has 0 saturated heterocycles. The van der Waals surface area contributed by atoms with Gasteiger partial charge in [0.15, 0.2) is 8.24 Å². The van der Waals surface area contributed by atoms with Crippen molar-refractivity contribution in [3.63, 3.8) is 0 Å². The summed E-state index contributed by atoms with van der Waals surface area (Å²) in [5.74, 6) is 0.117. The van der Waals surface area contributed by atoms with Gasteiger partial charge < -0.3 is 4.57 Å². The summed E-state index contributed by atoms with van der Waals surface area (Å²) in [5, 5.41) is 0. The van der Waals surface area contributed by atoms with Crippen LogP contribution in [0.3, 0.4) is 0 Å². The molecule has 0 bridgehead atoms. The third-order valence-electron chi connectivity index (χ3n) is 1.65. The Labute approximate surface area is 70.0 Å². The van der Waals surface area contributed by atoms with Crippen LogP contribution in [-0.4, -0.2) is 25.8 Å². The Balaban J connectivity index is 4.26. The second-order valence-electron chi connectivity index (χ2n) is 3.57. The largest absolute Gasteiger partial charge is 0.369 e. The Morgan fingerprint density at radius 2 is 1.82 bits per heavy atom. The summed E-state index contributed by atoms with van der Waals surface area (Å²) in [6.45, 7) is 8.30. The van der Waals surface area contributed by atoms with E-state index in [0.29, 0.717) is 0 Å². The van der Waals surface area contributed by atoms with E-state index in [9.17, 15) is 4.79 Å². The molecule has 0 heterocycles. The van der Waals surface area contributed by atoms with Crippen LogP contribution in [0.4, 0.5) is 0 Å². The molecule has 0 N–H and O–H groups in total. The van der Waals surface area contributed by atoms with Gasteiger partial charge in [0.1, 0.15) is 0 Å². The highest BCUT2D eigenvalue weighted by Gasteiger charge is 2.22. The Morgan fingerprint density at radius 1 is 1.36 bits per heavy atom. The number of carbonyl (C=O) groups excluding carboxylic acids is 1. The molecule has 64 valence electrons. The van der Waals surface area contributed by atoms with Gasteiger partial charge in [-0.1, -0.05) is 25.7 Å². The van der Waals surface area contributed by atoms with Crippen LogP contribution in [0.25, 0.3) is 0 Å². The minimum atomic E-state index is -1.43. The summed E-state index contributed by atoms with van der Waals surface area (Å²) in [6.07, 6.45) is 3.39. The highest BCUT2D eigenvalue weighted by Crippen LogP contribution is 2.06. The Kier molecular flexibility index (Phi) is 3.52. The molecule has 0 aromatic carbocycles. The zero-order valence-corrected chi connectivity index (χ0v) is 9.01. The molecule has 0 unspecified atom stereocenters. The van der Waals surface area contributed by atoms with Crippen molar-refractivity contribution in [2.75, 3.05) is 7.05 Å². The zero-order chi connectivity index (χ0) is 9.07. The van der Waals surface area contributed by atoms with Crippen LogP contribution in [0.5, 0.6) is 0 Å². The van der Waals surface area contributed by atoms with Gasteiger partial charge in [-0.3, -0.25) is 4.79 Å². The fourth-order valence-corrected chi connectivity index (χ4v) is 1.32. The molecule has 0 radical (unpaired) electrons. The first-order chi connectivity index (χ1) is 4.89. The highest BCUT2D eigenvalue weighted by atomic mass is 28.3. The fraction of sp³-hybridized carbons (Fsp3) is 0.625. The number of likely N-dealkylation sites (N-methyl/N-ethyl adjacent to an activating group) is 1. The highest BCUT2D eigenvalue weighted by molar-refractivity contribution is 6.75. The molecule has 11 heavy (non-hydrogen) atoms. The monoisotopic (exact) mass is 171 g/mol. The third-order valence-corrected chi connectivity index (χ3v) is 3.88. The molecule has 1 amide bonds. The maximum absolute atomic E-state index is 11.3. The Hall–Kier alpha value is -0.573. The maximum atomic E-state index is 11.3. The van der Waals surface area contributed by atoms with Gasteiger partial charge in [-0.2, -0.15) is 0 Å². The van der Waals surface area contributed by atoms with Crippen molar-refractivity contribution >= 4 is 14.1 Å². The molecule has 0 atom stereocenters. The first-order valence-electron chi connectivity index (χ1n) is 3.80. The summed E-state index contributed by atoms with van der Waals surface area (Å²) in [5.41, 5.74) is 0. The Bertz CT molecular complexity index is 169. The van der Waals surface area contributed by atoms with Gasteiger partial charge in [0.25, 0.3) is 0 Å². The molecular weight excluding hydrogens is 154 g/mol. The van der Waals surface area contributed by atoms with Crippen LogP contribution in [0.15, 0.2) is 12.2 Å². The first-order valence-corrected chi connectivity index (χ1v) is 7.25. The third kappa shape index (κ3) is 3.37. The summed E-state index contributed by atoms with van der Waals surface area (Å²) in [6, 6.07) is 0. The zero-order valence-electron chi connectivity index (χ0n) is 8.01. The van der Waals surface area contributed by atoms with Crippen molar-refractivity contribution in [1.82, 2.24) is 4.57 Å². The quantitative estimate of drug-likeness (QED) is 0.459. The summed E-state index contributed by atoms with van der Waals surface area (Å²) in [7, 11) is 0.441. The molecule has 0 spiro atoms. The average molecular weight is 171 g/mol. The van der Waals surface area contributed by atoms with Crippen molar-refractivity contribution in [2.45, 2.75) is 26.6 Å². The smallest absolute Gasteiger partial charge is 0.238 e. The van der Waals surface area contributed by atoms with Crippen molar-refractivity contribution in [1.29, 1.82) is 0 Å². The van der Waals surface area contributed by atoms with Crippen LogP contribution in [0, 0.1) is 0 Å². The molecule has 0 rings (SSSR count). The summed E-state index contributed by atoms with van der Waals surface area (Å²) < 4.78 is 1.85. The summed E-state index contributed by atoms with van der Waals surface area (Å²) in [4.78, 5) is 11.3. The average Bonchev–Trinajstić information content (AvgIpc) is 1.85. The predicted octanol–water partition coefficient (Wildman–Crippen LogP) is 1.86. The van der Waals surface area contributed by atoms with Gasteiger partial charge >= 0.3 is 0 Å². The van der Waals surface area contributed by atoms with E-state index < -0.39 is 8.24 Å². The molecule has 0 aromatic heterocycles. The number of rotatable bonds is 2. The van der Waals surface area contributed by atoms with E-state index in [1.165, 1.54) is 0 Å². The van der Waals surface area contributed by atoms with Gasteiger partial charge in [-0.15, -0.1) is 0 Å². The van der Waals surface area contributed by atoms with E-state index in [4.69, 9.17) is 0 Å². The Morgan fingerprint density at radius 3 is 2.09 bits per heavy atom. The molecule has 2 nitrogen and oxygen atoms in total. The van der Waals surface area contributed by atoms with Crippen LogP contribution < -0.4 is 0 Å². The predicted molar refractivity (Wildman–Crippen MR) is 50.9 cm³/mol. The van der Waals surface area contributed by atoms with Crippen molar-refractivity contribution in [3.8, 4) is 0 Å². The first kappa shape index (κ1) is 10.4. The van der Waals surface area contributed by atoms with Gasteiger partial charge in [0.2, 0.25) is 5.91 Å². The number of nitrogens with zero attached hydrogens (tertiary/aromatic N) is 1. The maximum Gasteiger partial charge on any atom is 0.238 e. The van der Waals surface area contributed by atoms with E-state index in [1.807, 2.05) is 18.5 Å². The lowest BCUT2D eigenvalue weighted by molar-refractivity contribution is -0.121.